The Balaban J connectivity index is 3.84. The lowest BCUT2D eigenvalue weighted by molar-refractivity contribution is 0.111. The Labute approximate surface area is 51.7 Å². The lowest BCUT2D eigenvalue weighted by Gasteiger charge is -2.01. The van der Waals surface area contributed by atoms with Gasteiger partial charge in [-0.1, -0.05) is 12.7 Å². The molecule has 0 amide bonds. The average Bonchev–Trinajstić information content (AvgIpc) is 1.84. The Bertz CT molecular complexity index is 115. The van der Waals surface area contributed by atoms with Crippen LogP contribution in [0.2, 0.25) is 0 Å². The Morgan fingerprint density at radius 2 is 2.00 bits per heavy atom. The lowest BCUT2D eigenvalue weighted by atomic mass is 10.3. The van der Waals surface area contributed by atoms with Gasteiger partial charge in [-0.2, -0.15) is 8.78 Å². The summed E-state index contributed by atoms with van der Waals surface area (Å²) in [4.78, 5) is 0. The zero-order valence-electron chi connectivity index (χ0n) is 4.78. The zero-order valence-corrected chi connectivity index (χ0v) is 4.78. The number of halogens is 3. The molecule has 0 aromatic heterocycles. The van der Waals surface area contributed by atoms with Gasteiger partial charge in [0.2, 0.25) is 0 Å². The summed E-state index contributed by atoms with van der Waals surface area (Å²) in [7, 11) is 0. The lowest BCUT2D eigenvalue weighted by Crippen LogP contribution is -2.05. The van der Waals surface area contributed by atoms with Crippen LogP contribution >= 0.6 is 0 Å². The molecule has 0 aliphatic carbocycles. The predicted molar refractivity (Wildman–Crippen MR) is 30.3 cm³/mol. The Hall–Kier alpha value is -0.730. The second kappa shape index (κ2) is 3.33. The third-order valence-electron chi connectivity index (χ3n) is 0.701. The molecule has 52 valence electrons. The van der Waals surface area contributed by atoms with Gasteiger partial charge in [0.05, 0.1) is 0 Å². The third kappa shape index (κ3) is 3.82. The average molecular weight is 136 g/mol. The molecule has 0 aliphatic rings. The Kier molecular flexibility index (Phi) is 3.06. The molecule has 9 heavy (non-hydrogen) atoms. The van der Waals surface area contributed by atoms with E-state index in [0.29, 0.717) is 12.2 Å². The number of allylic oxidation sites excluding steroid dienone is 3. The van der Waals surface area contributed by atoms with E-state index < -0.39 is 12.6 Å². The second-order valence-corrected chi connectivity index (χ2v) is 1.44. The molecule has 0 bridgehead atoms. The summed E-state index contributed by atoms with van der Waals surface area (Å²) in [5, 5.41) is 0. The minimum atomic E-state index is -3.06. The molecular formula is C6H7F3. The molecule has 0 heterocycles. The molecular weight excluding hydrogens is 129 g/mol. The molecule has 3 heteroatoms. The molecule has 0 spiro atoms. The van der Waals surface area contributed by atoms with Crippen molar-refractivity contribution >= 4 is 0 Å². The van der Waals surface area contributed by atoms with Crippen LogP contribution in [0.3, 0.4) is 0 Å². The van der Waals surface area contributed by atoms with Gasteiger partial charge in [-0.3, -0.25) is 0 Å². The third-order valence-corrected chi connectivity index (χ3v) is 0.701. The van der Waals surface area contributed by atoms with Gasteiger partial charge < -0.3 is 0 Å². The van der Waals surface area contributed by atoms with Crippen molar-refractivity contribution < 1.29 is 13.2 Å². The summed E-state index contributed by atoms with van der Waals surface area (Å²) in [5.41, 5.74) is 0. The second-order valence-electron chi connectivity index (χ2n) is 1.44. The Morgan fingerprint density at radius 3 is 2.33 bits per heavy atom. The highest BCUT2D eigenvalue weighted by molar-refractivity contribution is 5.04. The van der Waals surface area contributed by atoms with Crippen LogP contribution in [0.1, 0.15) is 0 Å². The summed E-state index contributed by atoms with van der Waals surface area (Å²) in [6, 6.07) is 0. The molecule has 0 atom stereocenters. The number of hydrogen-bond acceptors (Lipinski definition) is 0. The Morgan fingerprint density at radius 1 is 1.44 bits per heavy atom. The molecule has 0 radical (unpaired) electrons. The quantitative estimate of drug-likeness (QED) is 0.522. The van der Waals surface area contributed by atoms with Crippen molar-refractivity contribution in [3.8, 4) is 0 Å². The van der Waals surface area contributed by atoms with Crippen molar-refractivity contribution in [2.45, 2.75) is 5.92 Å². The van der Waals surface area contributed by atoms with E-state index in [-0.39, 0.29) is 0 Å². The van der Waals surface area contributed by atoms with Crippen molar-refractivity contribution in [3.63, 3.8) is 0 Å². The highest BCUT2D eigenvalue weighted by atomic mass is 19.3. The van der Waals surface area contributed by atoms with Crippen LogP contribution < -0.4 is 0 Å². The van der Waals surface area contributed by atoms with Gasteiger partial charge in [0.1, 0.15) is 6.67 Å². The first-order valence-corrected chi connectivity index (χ1v) is 2.37. The smallest absolute Gasteiger partial charge is 0.247 e. The number of alkyl halides is 3. The fraction of sp³-hybridized carbons (Fsp3) is 0.333. The van der Waals surface area contributed by atoms with E-state index in [1.165, 1.54) is 0 Å². The number of hydrogen-bond donors (Lipinski definition) is 0. The SMILES string of the molecule is C=CC(F)(F)C=CCF. The minimum absolute atomic E-state index is 0.458. The van der Waals surface area contributed by atoms with Gasteiger partial charge in [-0.15, -0.1) is 0 Å². The minimum Gasteiger partial charge on any atom is -0.247 e. The van der Waals surface area contributed by atoms with E-state index in [9.17, 15) is 13.2 Å². The van der Waals surface area contributed by atoms with Gasteiger partial charge in [0, 0.05) is 0 Å². The van der Waals surface area contributed by atoms with E-state index in [0.717, 1.165) is 6.08 Å². The fourth-order valence-corrected chi connectivity index (χ4v) is 0.270. The van der Waals surface area contributed by atoms with Gasteiger partial charge in [0.25, 0.3) is 5.92 Å². The first-order valence-electron chi connectivity index (χ1n) is 2.37. The topological polar surface area (TPSA) is 0 Å². The van der Waals surface area contributed by atoms with Gasteiger partial charge >= 0.3 is 0 Å². The molecule has 0 fully saturated rings. The van der Waals surface area contributed by atoms with Crippen LogP contribution in [0.4, 0.5) is 13.2 Å². The van der Waals surface area contributed by atoms with Crippen molar-refractivity contribution in [3.05, 3.63) is 24.8 Å². The van der Waals surface area contributed by atoms with Crippen LogP contribution in [-0.4, -0.2) is 12.6 Å². The van der Waals surface area contributed by atoms with Gasteiger partial charge in [-0.25, -0.2) is 4.39 Å². The monoisotopic (exact) mass is 136 g/mol. The van der Waals surface area contributed by atoms with E-state index in [1.807, 2.05) is 0 Å². The summed E-state index contributed by atoms with van der Waals surface area (Å²) < 4.78 is 35.1. The highest BCUT2D eigenvalue weighted by Gasteiger charge is 2.17. The molecule has 0 N–H and O–H groups in total. The first kappa shape index (κ1) is 8.27. The maximum atomic E-state index is 12.0. The van der Waals surface area contributed by atoms with E-state index in [1.54, 1.807) is 0 Å². The fourth-order valence-electron chi connectivity index (χ4n) is 0.270. The molecule has 0 aromatic rings. The van der Waals surface area contributed by atoms with Crippen molar-refractivity contribution in [1.29, 1.82) is 0 Å². The van der Waals surface area contributed by atoms with Crippen LogP contribution in [0.5, 0.6) is 0 Å². The van der Waals surface area contributed by atoms with Gasteiger partial charge in [-0.05, 0) is 12.2 Å². The van der Waals surface area contributed by atoms with E-state index >= 15 is 0 Å². The maximum Gasteiger partial charge on any atom is 0.284 e. The largest absolute Gasteiger partial charge is 0.284 e. The van der Waals surface area contributed by atoms with Crippen molar-refractivity contribution in [2.75, 3.05) is 6.67 Å². The summed E-state index contributed by atoms with van der Waals surface area (Å²) in [6.45, 7) is 1.99. The number of rotatable bonds is 3. The van der Waals surface area contributed by atoms with Crippen LogP contribution in [-0.2, 0) is 0 Å². The standard InChI is InChI=1S/C6H7F3/c1-2-6(8,9)4-3-5-7/h2-4H,1,5H2. The van der Waals surface area contributed by atoms with Crippen LogP contribution in [0.15, 0.2) is 24.8 Å². The molecule has 0 rings (SSSR count). The molecule has 0 unspecified atom stereocenters. The van der Waals surface area contributed by atoms with Gasteiger partial charge in [0.15, 0.2) is 0 Å². The van der Waals surface area contributed by atoms with E-state index in [2.05, 4.69) is 6.58 Å². The molecule has 0 aliphatic heterocycles. The van der Waals surface area contributed by atoms with Crippen LogP contribution in [0.25, 0.3) is 0 Å². The summed E-state index contributed by atoms with van der Waals surface area (Å²) >= 11 is 0. The molecule has 0 aromatic carbocycles. The maximum absolute atomic E-state index is 12.0. The van der Waals surface area contributed by atoms with E-state index in [4.69, 9.17) is 0 Å². The molecule has 0 nitrogen and oxygen atoms in total. The predicted octanol–water partition coefficient (Wildman–Crippen LogP) is 2.33. The first-order chi connectivity index (χ1) is 4.12. The highest BCUT2D eigenvalue weighted by Crippen LogP contribution is 2.15. The summed E-state index contributed by atoms with van der Waals surface area (Å²) in [5.74, 6) is -3.06. The van der Waals surface area contributed by atoms with Crippen molar-refractivity contribution in [2.24, 2.45) is 0 Å². The molecule has 0 saturated heterocycles. The van der Waals surface area contributed by atoms with Crippen LogP contribution in [0, 0.1) is 0 Å². The normalized spacial score (nSPS) is 12.3. The molecule has 0 saturated carbocycles. The van der Waals surface area contributed by atoms with Crippen molar-refractivity contribution in [1.82, 2.24) is 0 Å². The summed E-state index contributed by atoms with van der Waals surface area (Å²) in [6.07, 6.45) is 1.68. The zero-order chi connectivity index (χ0) is 7.33.